The summed E-state index contributed by atoms with van der Waals surface area (Å²) in [6.45, 7) is 0.715. The first-order valence-electron chi connectivity index (χ1n) is 11.4. The van der Waals surface area contributed by atoms with Gasteiger partial charge in [0.2, 0.25) is 5.88 Å². The van der Waals surface area contributed by atoms with E-state index in [1.54, 1.807) is 6.92 Å². The molecule has 9 nitrogen and oxygen atoms in total. The van der Waals surface area contributed by atoms with Gasteiger partial charge in [-0.3, -0.25) is 0 Å². The zero-order valence-electron chi connectivity index (χ0n) is 18.9. The first-order chi connectivity index (χ1) is 16.2. The molecular formula is C21H30F3N3O6S. The summed E-state index contributed by atoms with van der Waals surface area (Å²) >= 11 is 0. The molecule has 0 N–H and O–H groups in total. The number of halogens is 3. The molecule has 0 bridgehead atoms. The van der Waals surface area contributed by atoms with Crippen molar-refractivity contribution in [2.24, 2.45) is 0 Å². The summed E-state index contributed by atoms with van der Waals surface area (Å²) in [5.41, 5.74) is 0. The lowest BCUT2D eigenvalue weighted by atomic mass is 9.94. The first-order valence-corrected chi connectivity index (χ1v) is 13.0. The minimum absolute atomic E-state index is 0.0428. The van der Waals surface area contributed by atoms with Crippen LogP contribution in [0.3, 0.4) is 0 Å². The van der Waals surface area contributed by atoms with E-state index in [2.05, 4.69) is 14.7 Å². The van der Waals surface area contributed by atoms with Crippen LogP contribution in [0.4, 0.5) is 18.0 Å². The van der Waals surface area contributed by atoms with E-state index >= 15 is 0 Å². The Hall–Kier alpha value is -2.15. The number of carbonyl (C=O) groups excluding carboxylic acids is 1. The Kier molecular flexibility index (Phi) is 9.34. The average Bonchev–Trinajstić information content (AvgIpc) is 2.84. The molecule has 0 aromatic carbocycles. The van der Waals surface area contributed by atoms with Crippen molar-refractivity contribution in [2.45, 2.75) is 81.3 Å². The number of amides is 1. The molecule has 2 heterocycles. The number of sulfone groups is 1. The number of ether oxygens (including phenoxy) is 3. The molecule has 1 unspecified atom stereocenters. The van der Waals surface area contributed by atoms with Crippen molar-refractivity contribution in [1.29, 1.82) is 0 Å². The van der Waals surface area contributed by atoms with Crippen LogP contribution in [0, 0.1) is 0 Å². The van der Waals surface area contributed by atoms with Gasteiger partial charge in [0.05, 0.1) is 30.4 Å². The topological polar surface area (TPSA) is 108 Å². The summed E-state index contributed by atoms with van der Waals surface area (Å²) in [7, 11) is -3.41. The summed E-state index contributed by atoms with van der Waals surface area (Å²) in [5, 5.41) is -0.0741. The molecule has 1 amide bonds. The van der Waals surface area contributed by atoms with Crippen molar-refractivity contribution in [1.82, 2.24) is 14.9 Å². The van der Waals surface area contributed by atoms with Crippen LogP contribution in [0.15, 0.2) is 17.4 Å². The highest BCUT2D eigenvalue weighted by Crippen LogP contribution is 2.28. The summed E-state index contributed by atoms with van der Waals surface area (Å²) in [5.74, 6) is 0.230. The predicted octanol–water partition coefficient (Wildman–Crippen LogP) is 3.18. The third-order valence-electron chi connectivity index (χ3n) is 5.98. The number of aromatic nitrogens is 2. The highest BCUT2D eigenvalue weighted by molar-refractivity contribution is 7.91. The van der Waals surface area contributed by atoms with Gasteiger partial charge in [-0.05, 0) is 38.5 Å². The van der Waals surface area contributed by atoms with Gasteiger partial charge >= 0.3 is 6.09 Å². The molecule has 0 radical (unpaired) electrons. The maximum Gasteiger partial charge on any atom is 0.410 e. The second kappa shape index (κ2) is 12.0. The van der Waals surface area contributed by atoms with Crippen LogP contribution >= 0.6 is 0 Å². The molecule has 2 aliphatic rings. The molecule has 3 rings (SSSR count). The van der Waals surface area contributed by atoms with Crippen LogP contribution < -0.4 is 4.74 Å². The minimum atomic E-state index is -3.41. The SMILES string of the molecule is CCS(=O)(=O)c1cnc(OC2CCC(OC3CCN(C(=O)OC(CF)C(F)F)CC3)CC2)cn1. The van der Waals surface area contributed by atoms with E-state index in [-0.39, 0.29) is 35.0 Å². The van der Waals surface area contributed by atoms with E-state index in [1.807, 2.05) is 0 Å². The van der Waals surface area contributed by atoms with Crippen molar-refractivity contribution in [3.05, 3.63) is 12.4 Å². The van der Waals surface area contributed by atoms with Gasteiger partial charge in [0, 0.05) is 13.1 Å². The van der Waals surface area contributed by atoms with Crippen molar-refractivity contribution < 1.29 is 40.6 Å². The maximum atomic E-state index is 12.6. The summed E-state index contributed by atoms with van der Waals surface area (Å²) in [4.78, 5) is 21.2. The van der Waals surface area contributed by atoms with Gasteiger partial charge in [-0.15, -0.1) is 0 Å². The Morgan fingerprint density at radius 1 is 1.06 bits per heavy atom. The molecular weight excluding hydrogens is 479 g/mol. The number of hydrogen-bond donors (Lipinski definition) is 0. The average molecular weight is 510 g/mol. The van der Waals surface area contributed by atoms with Crippen LogP contribution in [-0.2, 0) is 19.3 Å². The zero-order chi connectivity index (χ0) is 24.7. The fourth-order valence-electron chi connectivity index (χ4n) is 3.93. The van der Waals surface area contributed by atoms with Crippen LogP contribution in [-0.4, -0.2) is 85.7 Å². The largest absolute Gasteiger partial charge is 0.473 e. The van der Waals surface area contributed by atoms with E-state index in [4.69, 9.17) is 9.47 Å². The van der Waals surface area contributed by atoms with Gasteiger partial charge in [-0.2, -0.15) is 0 Å². The number of likely N-dealkylation sites (tertiary alicyclic amines) is 1. The number of carbonyl (C=O) groups is 1. The van der Waals surface area contributed by atoms with Gasteiger partial charge in [0.25, 0.3) is 6.43 Å². The normalized spacial score (nSPS) is 23.0. The Morgan fingerprint density at radius 3 is 2.21 bits per heavy atom. The number of piperidine rings is 1. The monoisotopic (exact) mass is 509 g/mol. The highest BCUT2D eigenvalue weighted by Gasteiger charge is 2.32. The molecule has 13 heteroatoms. The standard InChI is InChI=1S/C21H30F3N3O6S/c1-2-34(29,30)19-13-25-18(12-26-19)32-15-5-3-14(4-6-15)31-16-7-9-27(10-8-16)21(28)33-17(11-22)20(23)24/h12-17,20H,2-11H2,1H3. The first kappa shape index (κ1) is 26.5. The summed E-state index contributed by atoms with van der Waals surface area (Å²) < 4.78 is 77.9. The van der Waals surface area contributed by atoms with Gasteiger partial charge in [-0.25, -0.2) is 36.4 Å². The van der Waals surface area contributed by atoms with E-state index in [1.165, 1.54) is 17.3 Å². The molecule has 2 fully saturated rings. The fourth-order valence-corrected chi connectivity index (χ4v) is 4.65. The van der Waals surface area contributed by atoms with E-state index in [0.717, 1.165) is 25.7 Å². The zero-order valence-corrected chi connectivity index (χ0v) is 19.8. The van der Waals surface area contributed by atoms with Crippen molar-refractivity contribution in [2.75, 3.05) is 25.5 Å². The Balaban J connectivity index is 1.37. The van der Waals surface area contributed by atoms with Gasteiger partial charge in [0.1, 0.15) is 12.8 Å². The second-order valence-corrected chi connectivity index (χ2v) is 10.6. The number of hydrogen-bond acceptors (Lipinski definition) is 8. The van der Waals surface area contributed by atoms with Crippen LogP contribution in [0.1, 0.15) is 45.4 Å². The minimum Gasteiger partial charge on any atom is -0.473 e. The second-order valence-electron chi connectivity index (χ2n) is 8.35. The summed E-state index contributed by atoms with van der Waals surface area (Å²) in [6.07, 6.45) is 0.535. The molecule has 0 spiro atoms. The van der Waals surface area contributed by atoms with Crippen molar-refractivity contribution in [3.8, 4) is 5.88 Å². The van der Waals surface area contributed by atoms with Gasteiger partial charge in [-0.1, -0.05) is 6.92 Å². The van der Waals surface area contributed by atoms with E-state index in [0.29, 0.717) is 25.9 Å². The lowest BCUT2D eigenvalue weighted by Crippen LogP contribution is -2.44. The molecule has 1 aromatic heterocycles. The molecule has 1 atom stereocenters. The highest BCUT2D eigenvalue weighted by atomic mass is 32.2. The van der Waals surface area contributed by atoms with Crippen molar-refractivity contribution in [3.63, 3.8) is 0 Å². The fraction of sp³-hybridized carbons (Fsp3) is 0.762. The number of nitrogens with zero attached hydrogens (tertiary/aromatic N) is 3. The summed E-state index contributed by atoms with van der Waals surface area (Å²) in [6, 6.07) is 0. The third-order valence-corrected chi connectivity index (χ3v) is 7.59. The number of rotatable bonds is 9. The van der Waals surface area contributed by atoms with Crippen LogP contribution in [0.2, 0.25) is 0 Å². The smallest absolute Gasteiger partial charge is 0.410 e. The lowest BCUT2D eigenvalue weighted by molar-refractivity contribution is -0.0725. The van der Waals surface area contributed by atoms with E-state index in [9.17, 15) is 26.4 Å². The molecule has 1 saturated carbocycles. The molecule has 1 aliphatic carbocycles. The van der Waals surface area contributed by atoms with Crippen LogP contribution in [0.5, 0.6) is 5.88 Å². The van der Waals surface area contributed by atoms with E-state index < -0.39 is 35.1 Å². The Morgan fingerprint density at radius 2 is 1.68 bits per heavy atom. The number of alkyl halides is 3. The molecule has 192 valence electrons. The van der Waals surface area contributed by atoms with Gasteiger partial charge in [0.15, 0.2) is 21.0 Å². The Bertz CT molecular complexity index is 890. The molecule has 1 saturated heterocycles. The maximum absolute atomic E-state index is 12.6. The lowest BCUT2D eigenvalue weighted by Gasteiger charge is -2.36. The molecule has 1 aliphatic heterocycles. The van der Waals surface area contributed by atoms with Crippen molar-refractivity contribution >= 4 is 15.9 Å². The quantitative estimate of drug-likeness (QED) is 0.500. The molecule has 1 aromatic rings. The Labute approximate surface area is 196 Å². The third kappa shape index (κ3) is 7.17. The van der Waals surface area contributed by atoms with Gasteiger partial charge < -0.3 is 19.1 Å². The molecule has 34 heavy (non-hydrogen) atoms. The van der Waals surface area contributed by atoms with Crippen LogP contribution in [0.25, 0.3) is 0 Å². The predicted molar refractivity (Wildman–Crippen MR) is 114 cm³/mol.